The number of carbonyl (C=O) groups is 2. The molecule has 5 aromatic rings. The Hall–Kier alpha value is -4.99. The molecule has 0 bridgehead atoms. The molecule has 1 unspecified atom stereocenters. The summed E-state index contributed by atoms with van der Waals surface area (Å²) in [5.41, 5.74) is 9.45. The van der Waals surface area contributed by atoms with Crippen LogP contribution in [-0.2, 0) is 18.3 Å². The van der Waals surface area contributed by atoms with E-state index < -0.39 is 6.04 Å². The van der Waals surface area contributed by atoms with Gasteiger partial charge in [0.2, 0.25) is 5.91 Å². The first kappa shape index (κ1) is 26.9. The molecule has 2 amide bonds. The van der Waals surface area contributed by atoms with Crippen LogP contribution in [-0.4, -0.2) is 47.6 Å². The van der Waals surface area contributed by atoms with Crippen LogP contribution >= 0.6 is 0 Å². The summed E-state index contributed by atoms with van der Waals surface area (Å²) in [6.45, 7) is 3.96. The number of nitrogens with one attached hydrogen (secondary N) is 3. The zero-order chi connectivity index (χ0) is 29.7. The van der Waals surface area contributed by atoms with Crippen molar-refractivity contribution < 1.29 is 9.59 Å². The molecule has 218 valence electrons. The topological polar surface area (TPSA) is 123 Å². The van der Waals surface area contributed by atoms with Crippen LogP contribution in [0.1, 0.15) is 64.2 Å². The maximum Gasteiger partial charge on any atom is 0.270 e. The van der Waals surface area contributed by atoms with Gasteiger partial charge >= 0.3 is 0 Å². The van der Waals surface area contributed by atoms with Crippen LogP contribution < -0.4 is 10.6 Å². The summed E-state index contributed by atoms with van der Waals surface area (Å²) >= 11 is 0. The standard InChI is InChI=1S/C33H34N8O2/c1-19-30(20(2)39-38-19)22-6-9-25(10-7-22)36-33(43)31(37-32(42)29-14-15-34-40(29)3)27-13-8-21-4-5-23(16-28(21)27)24-17-35-41(18-24)26-11-12-26/h4-7,9-10,14-18,26-27,31H,8,11-13H2,1-3H3,(H,36,43)(H,37,42)(H,38,39)/t27-,31?/m1/s1. The number of rotatable bonds is 8. The molecular formula is C33H34N8O2. The smallest absolute Gasteiger partial charge is 0.270 e. The van der Waals surface area contributed by atoms with Gasteiger partial charge in [-0.2, -0.15) is 15.3 Å². The van der Waals surface area contributed by atoms with Crippen molar-refractivity contribution in [3.8, 4) is 22.3 Å². The van der Waals surface area contributed by atoms with Crippen LogP contribution in [0.15, 0.2) is 67.1 Å². The number of hydrogen-bond acceptors (Lipinski definition) is 5. The second-order valence-electron chi connectivity index (χ2n) is 11.7. The number of nitrogens with zero attached hydrogens (tertiary/aromatic N) is 5. The molecule has 10 heteroatoms. The summed E-state index contributed by atoms with van der Waals surface area (Å²) in [6, 6.07) is 15.5. The largest absolute Gasteiger partial charge is 0.338 e. The highest BCUT2D eigenvalue weighted by Crippen LogP contribution is 2.40. The Balaban J connectivity index is 1.18. The van der Waals surface area contributed by atoms with Gasteiger partial charge in [-0.15, -0.1) is 0 Å². The summed E-state index contributed by atoms with van der Waals surface area (Å²) in [5.74, 6) is -0.790. The normalized spacial score (nSPS) is 16.6. The molecule has 2 aliphatic carbocycles. The quantitative estimate of drug-likeness (QED) is 0.238. The predicted molar refractivity (Wildman–Crippen MR) is 164 cm³/mol. The Morgan fingerprint density at radius 3 is 2.47 bits per heavy atom. The molecule has 10 nitrogen and oxygen atoms in total. The second kappa shape index (κ2) is 10.7. The van der Waals surface area contributed by atoms with Crippen molar-refractivity contribution in [1.82, 2.24) is 35.1 Å². The summed E-state index contributed by atoms with van der Waals surface area (Å²) in [5, 5.41) is 22.2. The van der Waals surface area contributed by atoms with E-state index in [0.717, 1.165) is 52.0 Å². The number of H-pyrrole nitrogens is 1. The van der Waals surface area contributed by atoms with E-state index in [9.17, 15) is 9.59 Å². The number of benzene rings is 2. The molecule has 0 aliphatic heterocycles. The van der Waals surface area contributed by atoms with E-state index in [1.165, 1.54) is 23.1 Å². The molecule has 0 radical (unpaired) electrons. The second-order valence-corrected chi connectivity index (χ2v) is 11.7. The molecule has 2 atom stereocenters. The minimum Gasteiger partial charge on any atom is -0.338 e. The minimum atomic E-state index is -0.786. The van der Waals surface area contributed by atoms with Gasteiger partial charge in [-0.1, -0.05) is 30.3 Å². The third-order valence-electron chi connectivity index (χ3n) is 8.72. The third kappa shape index (κ3) is 5.13. The molecule has 3 aromatic heterocycles. The molecule has 3 N–H and O–H groups in total. The van der Waals surface area contributed by atoms with Crippen LogP contribution in [0.5, 0.6) is 0 Å². The Kier molecular flexibility index (Phi) is 6.68. The van der Waals surface area contributed by atoms with E-state index in [1.54, 1.807) is 19.3 Å². The zero-order valence-corrected chi connectivity index (χ0v) is 24.5. The first-order chi connectivity index (χ1) is 20.9. The number of amides is 2. The van der Waals surface area contributed by atoms with Gasteiger partial charge in [0.15, 0.2) is 0 Å². The van der Waals surface area contributed by atoms with E-state index in [1.807, 2.05) is 49.0 Å². The van der Waals surface area contributed by atoms with Gasteiger partial charge in [-0.3, -0.25) is 24.1 Å². The molecule has 0 spiro atoms. The van der Waals surface area contributed by atoms with Crippen molar-refractivity contribution >= 4 is 17.5 Å². The number of fused-ring (bicyclic) bond motifs is 1. The molecule has 1 fully saturated rings. The van der Waals surface area contributed by atoms with Gasteiger partial charge in [0, 0.05) is 47.9 Å². The number of aromatic nitrogens is 6. The number of anilines is 1. The SMILES string of the molecule is Cc1n[nH]c(C)c1-c1ccc(NC(=O)C(NC(=O)c2ccnn2C)[C@@H]2CCc3ccc(-c4cnn(C5CC5)c4)cc32)cc1. The number of aromatic amines is 1. The van der Waals surface area contributed by atoms with Gasteiger partial charge in [-0.05, 0) is 80.0 Å². The van der Waals surface area contributed by atoms with Crippen LogP contribution in [0.2, 0.25) is 0 Å². The van der Waals surface area contributed by atoms with Crippen molar-refractivity contribution in [2.75, 3.05) is 5.32 Å². The lowest BCUT2D eigenvalue weighted by Gasteiger charge is -2.25. The van der Waals surface area contributed by atoms with Crippen LogP contribution in [0.3, 0.4) is 0 Å². The number of carbonyl (C=O) groups excluding carboxylic acids is 2. The first-order valence-electron chi connectivity index (χ1n) is 14.7. The number of aryl methyl sites for hydroxylation is 4. The predicted octanol–water partition coefficient (Wildman–Crippen LogP) is 5.09. The fourth-order valence-electron chi connectivity index (χ4n) is 6.26. The van der Waals surface area contributed by atoms with Crippen LogP contribution in [0.4, 0.5) is 5.69 Å². The maximum atomic E-state index is 14.0. The van der Waals surface area contributed by atoms with Crippen molar-refractivity contribution in [3.05, 3.63) is 95.3 Å². The number of hydrogen-bond donors (Lipinski definition) is 3. The average Bonchev–Trinajstić information content (AvgIpc) is 3.31. The van der Waals surface area contributed by atoms with Crippen molar-refractivity contribution in [2.45, 2.75) is 57.5 Å². The molecule has 2 aromatic carbocycles. The summed E-state index contributed by atoms with van der Waals surface area (Å²) in [7, 11) is 1.72. The van der Waals surface area contributed by atoms with E-state index in [4.69, 9.17) is 0 Å². The van der Waals surface area contributed by atoms with Crippen LogP contribution in [0.25, 0.3) is 22.3 Å². The maximum absolute atomic E-state index is 14.0. The summed E-state index contributed by atoms with van der Waals surface area (Å²) in [6.07, 6.45) is 9.53. The van der Waals surface area contributed by atoms with Gasteiger partial charge in [0.1, 0.15) is 11.7 Å². The van der Waals surface area contributed by atoms with E-state index in [-0.39, 0.29) is 17.7 Å². The van der Waals surface area contributed by atoms with E-state index >= 15 is 0 Å². The summed E-state index contributed by atoms with van der Waals surface area (Å²) in [4.78, 5) is 27.4. The van der Waals surface area contributed by atoms with Crippen molar-refractivity contribution in [3.63, 3.8) is 0 Å². The Morgan fingerprint density at radius 2 is 1.77 bits per heavy atom. The van der Waals surface area contributed by atoms with Crippen molar-refractivity contribution in [1.29, 1.82) is 0 Å². The minimum absolute atomic E-state index is 0.193. The Bertz CT molecular complexity index is 1810. The Labute approximate surface area is 249 Å². The monoisotopic (exact) mass is 574 g/mol. The lowest BCUT2D eigenvalue weighted by Crippen LogP contribution is -2.47. The van der Waals surface area contributed by atoms with Crippen LogP contribution in [0, 0.1) is 13.8 Å². The fourth-order valence-corrected chi connectivity index (χ4v) is 6.26. The van der Waals surface area contributed by atoms with E-state index in [0.29, 0.717) is 17.4 Å². The zero-order valence-electron chi connectivity index (χ0n) is 24.5. The summed E-state index contributed by atoms with van der Waals surface area (Å²) < 4.78 is 3.56. The first-order valence-corrected chi connectivity index (χ1v) is 14.7. The third-order valence-corrected chi connectivity index (χ3v) is 8.72. The molecule has 43 heavy (non-hydrogen) atoms. The van der Waals surface area contributed by atoms with Crippen molar-refractivity contribution in [2.24, 2.45) is 7.05 Å². The van der Waals surface area contributed by atoms with Gasteiger partial charge in [0.25, 0.3) is 5.91 Å². The highest BCUT2D eigenvalue weighted by atomic mass is 16.2. The van der Waals surface area contributed by atoms with Gasteiger partial charge in [0.05, 0.1) is 17.9 Å². The average molecular weight is 575 g/mol. The fraction of sp³-hybridized carbons (Fsp3) is 0.303. The molecule has 0 saturated heterocycles. The highest BCUT2D eigenvalue weighted by Gasteiger charge is 2.36. The lowest BCUT2D eigenvalue weighted by molar-refractivity contribution is -0.118. The molecule has 3 heterocycles. The van der Waals surface area contributed by atoms with E-state index in [2.05, 4.69) is 55.4 Å². The molecular weight excluding hydrogens is 540 g/mol. The van der Waals surface area contributed by atoms with Gasteiger partial charge < -0.3 is 10.6 Å². The highest BCUT2D eigenvalue weighted by molar-refractivity contribution is 6.01. The lowest BCUT2D eigenvalue weighted by atomic mass is 9.90. The molecule has 2 aliphatic rings. The molecule has 1 saturated carbocycles. The Morgan fingerprint density at radius 1 is 0.977 bits per heavy atom. The molecule has 7 rings (SSSR count). The van der Waals surface area contributed by atoms with Gasteiger partial charge in [-0.25, -0.2) is 0 Å².